The van der Waals surface area contributed by atoms with E-state index in [0.29, 0.717) is 11.4 Å². The Balaban J connectivity index is 1.93. The quantitative estimate of drug-likeness (QED) is 0.377. The summed E-state index contributed by atoms with van der Waals surface area (Å²) in [7, 11) is -2.73. The normalized spacial score (nSPS) is 12.1. The smallest absolute Gasteiger partial charge is 0.245 e. The molecular weight excluding hydrogens is 478 g/mol. The summed E-state index contributed by atoms with van der Waals surface area (Å²) in [5.74, 6) is -0.495. The van der Waals surface area contributed by atoms with Crippen LogP contribution >= 0.6 is 0 Å². The Kier molecular flexibility index (Phi) is 8.84. The number of methoxy groups -OCH3 is 1. The number of anilines is 2. The Hall–Kier alpha value is -3.69. The lowest BCUT2D eigenvalue weighted by atomic mass is 10.0. The summed E-state index contributed by atoms with van der Waals surface area (Å²) in [6.07, 6.45) is 0.128. The Morgan fingerprint density at radius 1 is 0.889 bits per heavy atom. The van der Waals surface area contributed by atoms with Crippen molar-refractivity contribution in [2.75, 3.05) is 17.7 Å². The van der Waals surface area contributed by atoms with Gasteiger partial charge < -0.3 is 15.4 Å². The lowest BCUT2D eigenvalue weighted by Crippen LogP contribution is -2.45. The number of sulfonamides is 1. The Morgan fingerprint density at radius 3 is 2.17 bits per heavy atom. The third kappa shape index (κ3) is 7.16. The second-order valence-electron chi connectivity index (χ2n) is 8.68. The number of hydrogen-bond acceptors (Lipinski definition) is 5. The fraction of sp³-hybridized carbons (Fsp3) is 0.259. The zero-order chi connectivity index (χ0) is 26.3. The first-order valence-electron chi connectivity index (χ1n) is 11.5. The molecular formula is C27H31N3O5S. The van der Waals surface area contributed by atoms with E-state index >= 15 is 0 Å². The van der Waals surface area contributed by atoms with Gasteiger partial charge in [-0.1, -0.05) is 56.3 Å². The van der Waals surface area contributed by atoms with Crippen molar-refractivity contribution >= 4 is 33.2 Å². The minimum Gasteiger partial charge on any atom is -0.495 e. The van der Waals surface area contributed by atoms with Gasteiger partial charge in [0.25, 0.3) is 0 Å². The van der Waals surface area contributed by atoms with Gasteiger partial charge in [0, 0.05) is 18.3 Å². The lowest BCUT2D eigenvalue weighted by Gasteiger charge is -2.20. The van der Waals surface area contributed by atoms with Gasteiger partial charge in [-0.25, -0.2) is 8.42 Å². The van der Waals surface area contributed by atoms with Gasteiger partial charge in [0.05, 0.1) is 7.11 Å². The van der Waals surface area contributed by atoms with E-state index < -0.39 is 22.0 Å². The highest BCUT2D eigenvalue weighted by Gasteiger charge is 2.29. The number of carbonyl (C=O) groups excluding carboxylic acids is 2. The van der Waals surface area contributed by atoms with E-state index in [2.05, 4.69) is 15.4 Å². The molecule has 0 saturated carbocycles. The van der Waals surface area contributed by atoms with Gasteiger partial charge in [-0.2, -0.15) is 4.72 Å². The van der Waals surface area contributed by atoms with E-state index in [1.807, 2.05) is 50.2 Å². The van der Waals surface area contributed by atoms with Crippen LogP contribution in [0.1, 0.15) is 37.8 Å². The van der Waals surface area contributed by atoms with Gasteiger partial charge in [-0.15, -0.1) is 0 Å². The fourth-order valence-electron chi connectivity index (χ4n) is 3.66. The molecule has 1 unspecified atom stereocenters. The molecule has 0 fully saturated rings. The molecule has 0 aliphatic rings. The predicted molar refractivity (Wildman–Crippen MR) is 141 cm³/mol. The minimum atomic E-state index is -4.13. The summed E-state index contributed by atoms with van der Waals surface area (Å²) in [5.41, 5.74) is 2.55. The summed E-state index contributed by atoms with van der Waals surface area (Å²) in [4.78, 5) is 24.7. The maximum atomic E-state index is 13.5. The van der Waals surface area contributed by atoms with Crippen molar-refractivity contribution in [1.29, 1.82) is 0 Å². The SMILES string of the molecule is COc1ccc(C(C)C)cc1S(=O)(=O)NC(Cc1ccccc1)C(=O)Nc1cccc(NC(C)=O)c1. The zero-order valence-electron chi connectivity index (χ0n) is 20.7. The van der Waals surface area contributed by atoms with Gasteiger partial charge >= 0.3 is 0 Å². The van der Waals surface area contributed by atoms with Crippen molar-refractivity contribution in [1.82, 2.24) is 4.72 Å². The van der Waals surface area contributed by atoms with Gasteiger partial charge in [-0.3, -0.25) is 9.59 Å². The van der Waals surface area contributed by atoms with Crippen molar-refractivity contribution in [3.8, 4) is 5.75 Å². The zero-order valence-corrected chi connectivity index (χ0v) is 21.6. The molecule has 3 N–H and O–H groups in total. The first kappa shape index (κ1) is 26.9. The fourth-order valence-corrected chi connectivity index (χ4v) is 5.06. The average molecular weight is 510 g/mol. The molecule has 0 aliphatic heterocycles. The van der Waals surface area contributed by atoms with E-state index in [9.17, 15) is 18.0 Å². The largest absolute Gasteiger partial charge is 0.495 e. The molecule has 9 heteroatoms. The molecule has 3 aromatic rings. The van der Waals surface area contributed by atoms with Crippen LogP contribution < -0.4 is 20.1 Å². The summed E-state index contributed by atoms with van der Waals surface area (Å²) < 4.78 is 34.9. The number of carbonyl (C=O) groups is 2. The van der Waals surface area contributed by atoms with Crippen molar-refractivity contribution in [2.24, 2.45) is 0 Å². The van der Waals surface area contributed by atoms with Gasteiger partial charge in [0.15, 0.2) is 0 Å². The van der Waals surface area contributed by atoms with Crippen molar-refractivity contribution in [3.63, 3.8) is 0 Å². The number of rotatable bonds is 10. The summed E-state index contributed by atoms with van der Waals surface area (Å²) in [5, 5.41) is 5.42. The van der Waals surface area contributed by atoms with Crippen LogP contribution in [0.5, 0.6) is 5.75 Å². The molecule has 0 aromatic heterocycles. The van der Waals surface area contributed by atoms with E-state index in [1.165, 1.54) is 14.0 Å². The third-order valence-corrected chi connectivity index (χ3v) is 6.98. The molecule has 3 aromatic carbocycles. The van der Waals surface area contributed by atoms with E-state index in [4.69, 9.17) is 4.74 Å². The van der Waals surface area contributed by atoms with Crippen LogP contribution in [0.4, 0.5) is 11.4 Å². The van der Waals surface area contributed by atoms with Crippen molar-refractivity contribution in [3.05, 3.63) is 83.9 Å². The molecule has 0 aliphatic carbocycles. The molecule has 1 atom stereocenters. The highest BCUT2D eigenvalue weighted by molar-refractivity contribution is 7.89. The number of nitrogens with one attached hydrogen (secondary N) is 3. The monoisotopic (exact) mass is 509 g/mol. The highest BCUT2D eigenvalue weighted by Crippen LogP contribution is 2.28. The van der Waals surface area contributed by atoms with Crippen molar-refractivity contribution in [2.45, 2.75) is 44.0 Å². The highest BCUT2D eigenvalue weighted by atomic mass is 32.2. The van der Waals surface area contributed by atoms with Crippen LogP contribution in [-0.4, -0.2) is 33.4 Å². The number of hydrogen-bond donors (Lipinski definition) is 3. The van der Waals surface area contributed by atoms with E-state index in [-0.39, 0.29) is 28.9 Å². The van der Waals surface area contributed by atoms with Crippen LogP contribution in [0, 0.1) is 0 Å². The molecule has 8 nitrogen and oxygen atoms in total. The Labute approximate surface area is 212 Å². The predicted octanol–water partition coefficient (Wildman–Crippen LogP) is 4.31. The van der Waals surface area contributed by atoms with Crippen LogP contribution in [0.2, 0.25) is 0 Å². The average Bonchev–Trinajstić information content (AvgIpc) is 2.83. The van der Waals surface area contributed by atoms with Crippen LogP contribution in [0.3, 0.4) is 0 Å². The molecule has 190 valence electrons. The summed E-state index contributed by atoms with van der Waals surface area (Å²) in [6.45, 7) is 5.32. The topological polar surface area (TPSA) is 114 Å². The van der Waals surface area contributed by atoms with Crippen LogP contribution in [0.25, 0.3) is 0 Å². The standard InChI is InChI=1S/C27H31N3O5S/c1-18(2)21-13-14-25(35-4)26(16-21)36(33,34)30-24(15-20-9-6-5-7-10-20)27(32)29-23-12-8-11-22(17-23)28-19(3)31/h5-14,16-18,24,30H,15H2,1-4H3,(H,28,31)(H,29,32). The molecule has 2 amide bonds. The Morgan fingerprint density at radius 2 is 1.56 bits per heavy atom. The van der Waals surface area contributed by atoms with Crippen molar-refractivity contribution < 1.29 is 22.7 Å². The lowest BCUT2D eigenvalue weighted by molar-refractivity contribution is -0.117. The first-order chi connectivity index (χ1) is 17.1. The summed E-state index contributed by atoms with van der Waals surface area (Å²) >= 11 is 0. The van der Waals surface area contributed by atoms with Gasteiger partial charge in [0.2, 0.25) is 21.8 Å². The molecule has 0 heterocycles. The van der Waals surface area contributed by atoms with Gasteiger partial charge in [-0.05, 0) is 53.8 Å². The maximum Gasteiger partial charge on any atom is 0.245 e. The van der Waals surface area contributed by atoms with E-state index in [1.54, 1.807) is 36.4 Å². The minimum absolute atomic E-state index is 0.0327. The van der Waals surface area contributed by atoms with E-state index in [0.717, 1.165) is 11.1 Å². The second-order valence-corrected chi connectivity index (χ2v) is 10.4. The van der Waals surface area contributed by atoms with Gasteiger partial charge in [0.1, 0.15) is 16.7 Å². The third-order valence-electron chi connectivity index (χ3n) is 5.49. The Bertz CT molecular complexity index is 1320. The second kappa shape index (κ2) is 11.8. The van der Waals surface area contributed by atoms with Crippen LogP contribution in [-0.2, 0) is 26.0 Å². The molecule has 0 saturated heterocycles. The molecule has 3 rings (SSSR count). The molecule has 0 spiro atoms. The number of ether oxygens (including phenoxy) is 1. The number of benzene rings is 3. The number of amides is 2. The summed E-state index contributed by atoms with van der Waals surface area (Å²) in [6, 6.07) is 19.7. The van der Waals surface area contributed by atoms with Crippen LogP contribution in [0.15, 0.2) is 77.7 Å². The first-order valence-corrected chi connectivity index (χ1v) is 13.0. The molecule has 36 heavy (non-hydrogen) atoms. The molecule has 0 bridgehead atoms. The molecule has 0 radical (unpaired) electrons. The maximum absolute atomic E-state index is 13.5.